The van der Waals surface area contributed by atoms with E-state index < -0.39 is 5.97 Å². The molecule has 0 aliphatic heterocycles. The first-order valence-electron chi connectivity index (χ1n) is 5.88. The van der Waals surface area contributed by atoms with Crippen LogP contribution in [0.3, 0.4) is 0 Å². The summed E-state index contributed by atoms with van der Waals surface area (Å²) >= 11 is 5.29. The van der Waals surface area contributed by atoms with E-state index in [0.29, 0.717) is 6.61 Å². The molecule has 18 heavy (non-hydrogen) atoms. The Hall–Kier alpha value is -1.22. The fourth-order valence-electron chi connectivity index (χ4n) is 1.40. The van der Waals surface area contributed by atoms with E-state index in [9.17, 15) is 4.79 Å². The maximum Gasteiger partial charge on any atom is 0.320 e. The van der Waals surface area contributed by atoms with Gasteiger partial charge in [0.15, 0.2) is 0 Å². The molecule has 0 aliphatic carbocycles. The van der Waals surface area contributed by atoms with E-state index in [-0.39, 0.29) is 17.9 Å². The number of alkyl halides is 1. The second-order valence-electron chi connectivity index (χ2n) is 4.98. The van der Waals surface area contributed by atoms with Crippen LogP contribution < -0.4 is 4.74 Å². The number of halogens is 1. The average molecular weight is 271 g/mol. The lowest BCUT2D eigenvalue weighted by Gasteiger charge is -2.19. The number of ether oxygens (including phenoxy) is 2. The molecule has 0 heterocycles. The lowest BCUT2D eigenvalue weighted by molar-refractivity contribution is -0.141. The van der Waals surface area contributed by atoms with Crippen molar-refractivity contribution >= 4 is 17.6 Å². The largest absolute Gasteiger partial charge is 0.490 e. The van der Waals surface area contributed by atoms with Crippen LogP contribution in [0.1, 0.15) is 26.3 Å². The minimum absolute atomic E-state index is 0.125. The molecule has 0 aromatic heterocycles. The van der Waals surface area contributed by atoms with Crippen LogP contribution in [0.25, 0.3) is 0 Å². The topological polar surface area (TPSA) is 35.5 Å². The van der Waals surface area contributed by atoms with Crippen LogP contribution in [-0.4, -0.2) is 25.1 Å². The van der Waals surface area contributed by atoms with Crippen LogP contribution in [0.4, 0.5) is 0 Å². The van der Waals surface area contributed by atoms with Crippen molar-refractivity contribution in [2.45, 2.75) is 26.2 Å². The van der Waals surface area contributed by atoms with Crippen molar-refractivity contribution in [3.05, 3.63) is 29.8 Å². The molecule has 4 heteroatoms. The van der Waals surface area contributed by atoms with Gasteiger partial charge in [-0.25, -0.2) is 0 Å². The Balaban J connectivity index is 2.38. The number of benzene rings is 1. The Kier molecular flexibility index (Phi) is 5.48. The highest BCUT2D eigenvalue weighted by Crippen LogP contribution is 2.24. The minimum Gasteiger partial charge on any atom is -0.490 e. The molecule has 1 aromatic rings. The second-order valence-corrected chi connectivity index (χ2v) is 5.24. The van der Waals surface area contributed by atoms with Gasteiger partial charge >= 0.3 is 5.97 Å². The highest BCUT2D eigenvalue weighted by Gasteiger charge is 2.12. The van der Waals surface area contributed by atoms with E-state index in [1.165, 1.54) is 5.56 Å². The van der Waals surface area contributed by atoms with Crippen molar-refractivity contribution in [1.29, 1.82) is 0 Å². The zero-order valence-electron chi connectivity index (χ0n) is 11.0. The van der Waals surface area contributed by atoms with Crippen molar-refractivity contribution in [3.8, 4) is 5.75 Å². The van der Waals surface area contributed by atoms with Gasteiger partial charge in [-0.15, -0.1) is 11.6 Å². The van der Waals surface area contributed by atoms with E-state index in [1.807, 2.05) is 24.3 Å². The third-order valence-electron chi connectivity index (χ3n) is 2.44. The smallest absolute Gasteiger partial charge is 0.320 e. The fraction of sp³-hybridized carbons (Fsp3) is 0.500. The Labute approximate surface area is 113 Å². The summed E-state index contributed by atoms with van der Waals surface area (Å²) in [5, 5.41) is 0. The van der Waals surface area contributed by atoms with Crippen molar-refractivity contribution in [3.63, 3.8) is 0 Å². The monoisotopic (exact) mass is 270 g/mol. The maximum atomic E-state index is 10.8. The number of carbonyl (C=O) groups excluding carboxylic acids is 1. The summed E-state index contributed by atoms with van der Waals surface area (Å²) < 4.78 is 10.2. The maximum absolute atomic E-state index is 10.8. The van der Waals surface area contributed by atoms with Crippen LogP contribution in [0, 0.1) is 0 Å². The highest BCUT2D eigenvalue weighted by atomic mass is 35.5. The number of carbonyl (C=O) groups is 1. The van der Waals surface area contributed by atoms with Gasteiger partial charge in [0.25, 0.3) is 0 Å². The SMILES string of the molecule is CC(C)(C)c1ccc(OCCOC(=O)CCl)cc1. The van der Waals surface area contributed by atoms with Gasteiger partial charge in [0.05, 0.1) is 0 Å². The Morgan fingerprint density at radius 3 is 2.28 bits per heavy atom. The summed E-state index contributed by atoms with van der Waals surface area (Å²) in [5.74, 6) is 0.216. The quantitative estimate of drug-likeness (QED) is 0.468. The normalized spacial score (nSPS) is 11.1. The molecule has 1 rings (SSSR count). The molecule has 0 atom stereocenters. The lowest BCUT2D eigenvalue weighted by atomic mass is 9.87. The molecule has 0 bridgehead atoms. The van der Waals surface area contributed by atoms with Gasteiger partial charge < -0.3 is 9.47 Å². The fourth-order valence-corrected chi connectivity index (χ4v) is 1.48. The second kappa shape index (κ2) is 6.64. The number of esters is 1. The van der Waals surface area contributed by atoms with E-state index in [0.717, 1.165) is 5.75 Å². The summed E-state index contributed by atoms with van der Waals surface area (Å²) in [6.45, 7) is 7.03. The lowest BCUT2D eigenvalue weighted by Crippen LogP contribution is -2.13. The summed E-state index contributed by atoms with van der Waals surface area (Å²) in [4.78, 5) is 10.8. The van der Waals surface area contributed by atoms with Crippen molar-refractivity contribution in [1.82, 2.24) is 0 Å². The van der Waals surface area contributed by atoms with Crippen LogP contribution in [0.5, 0.6) is 5.75 Å². The zero-order chi connectivity index (χ0) is 13.6. The standard InChI is InChI=1S/C14H19ClO3/c1-14(2,3)11-4-6-12(7-5-11)17-8-9-18-13(16)10-15/h4-7H,8-10H2,1-3H3. The van der Waals surface area contributed by atoms with Gasteiger partial charge in [-0.05, 0) is 23.1 Å². The molecule has 0 radical (unpaired) electrons. The van der Waals surface area contributed by atoms with Crippen LogP contribution >= 0.6 is 11.6 Å². The van der Waals surface area contributed by atoms with Crippen molar-refractivity contribution in [2.24, 2.45) is 0 Å². The molecule has 1 aromatic carbocycles. The van der Waals surface area contributed by atoms with E-state index in [2.05, 4.69) is 20.8 Å². The molecule has 0 saturated carbocycles. The molecular formula is C14H19ClO3. The number of hydrogen-bond donors (Lipinski definition) is 0. The van der Waals surface area contributed by atoms with Crippen LogP contribution in [0.2, 0.25) is 0 Å². The Morgan fingerprint density at radius 2 is 1.78 bits per heavy atom. The molecule has 0 unspecified atom stereocenters. The first-order chi connectivity index (χ1) is 8.43. The predicted octanol–water partition coefficient (Wildman–Crippen LogP) is 3.14. The molecule has 0 fully saturated rings. The summed E-state index contributed by atoms with van der Waals surface area (Å²) in [6, 6.07) is 7.92. The predicted molar refractivity (Wildman–Crippen MR) is 72.3 cm³/mol. The zero-order valence-corrected chi connectivity index (χ0v) is 11.8. The molecule has 3 nitrogen and oxygen atoms in total. The van der Waals surface area contributed by atoms with E-state index in [1.54, 1.807) is 0 Å². The average Bonchev–Trinajstić information content (AvgIpc) is 2.33. The van der Waals surface area contributed by atoms with E-state index in [4.69, 9.17) is 21.1 Å². The molecule has 0 amide bonds. The molecule has 0 saturated heterocycles. The molecule has 0 aliphatic rings. The molecule has 100 valence electrons. The Morgan fingerprint density at radius 1 is 1.17 bits per heavy atom. The molecule has 0 spiro atoms. The van der Waals surface area contributed by atoms with Crippen molar-refractivity contribution in [2.75, 3.05) is 19.1 Å². The Bertz CT molecular complexity index is 379. The summed E-state index contributed by atoms with van der Waals surface area (Å²) in [7, 11) is 0. The van der Waals surface area contributed by atoms with Crippen molar-refractivity contribution < 1.29 is 14.3 Å². The third kappa shape index (κ3) is 4.96. The number of hydrogen-bond acceptors (Lipinski definition) is 3. The van der Waals surface area contributed by atoms with E-state index >= 15 is 0 Å². The van der Waals surface area contributed by atoms with Gasteiger partial charge in [0, 0.05) is 0 Å². The first kappa shape index (κ1) is 14.8. The van der Waals surface area contributed by atoms with Gasteiger partial charge in [0.2, 0.25) is 0 Å². The van der Waals surface area contributed by atoms with Crippen LogP contribution in [0.15, 0.2) is 24.3 Å². The van der Waals surface area contributed by atoms with Gasteiger partial charge in [-0.1, -0.05) is 32.9 Å². The molecular weight excluding hydrogens is 252 g/mol. The number of rotatable bonds is 5. The first-order valence-corrected chi connectivity index (χ1v) is 6.42. The summed E-state index contributed by atoms with van der Waals surface area (Å²) in [6.07, 6.45) is 0. The van der Waals surface area contributed by atoms with Gasteiger partial charge in [0.1, 0.15) is 24.8 Å². The highest BCUT2D eigenvalue weighted by molar-refractivity contribution is 6.26. The van der Waals surface area contributed by atoms with Gasteiger partial charge in [-0.2, -0.15) is 0 Å². The summed E-state index contributed by atoms with van der Waals surface area (Å²) in [5.41, 5.74) is 1.39. The molecule has 0 N–H and O–H groups in total. The minimum atomic E-state index is -0.427. The van der Waals surface area contributed by atoms with Crippen LogP contribution in [-0.2, 0) is 14.9 Å². The van der Waals surface area contributed by atoms with Gasteiger partial charge in [-0.3, -0.25) is 4.79 Å². The third-order valence-corrected chi connectivity index (χ3v) is 2.66.